The van der Waals surface area contributed by atoms with Crippen LogP contribution in [0.1, 0.15) is 66.6 Å². The molecule has 152 valence electrons. The summed E-state index contributed by atoms with van der Waals surface area (Å²) in [7, 11) is 0. The summed E-state index contributed by atoms with van der Waals surface area (Å²) in [5.41, 5.74) is 5.92. The Balaban J connectivity index is 1.43. The first-order chi connectivity index (χ1) is 13.8. The Hall–Kier alpha value is -2.41. The minimum absolute atomic E-state index is 0.0381. The van der Waals surface area contributed by atoms with Gasteiger partial charge in [-0.3, -0.25) is 9.48 Å². The van der Waals surface area contributed by atoms with E-state index in [0.717, 1.165) is 47.6 Å². The summed E-state index contributed by atoms with van der Waals surface area (Å²) in [5.74, 6) is 0.177. The second-order valence-corrected chi connectivity index (χ2v) is 8.83. The van der Waals surface area contributed by atoms with Crippen molar-refractivity contribution in [2.24, 2.45) is 0 Å². The Bertz CT molecular complexity index is 1130. The summed E-state index contributed by atoms with van der Waals surface area (Å²) >= 11 is 6.30. The highest BCUT2D eigenvalue weighted by molar-refractivity contribution is 6.31. The van der Waals surface area contributed by atoms with Gasteiger partial charge in [0.1, 0.15) is 0 Å². The number of fused-ring (bicyclic) bond motifs is 6. The van der Waals surface area contributed by atoms with Crippen molar-refractivity contribution in [2.45, 2.75) is 71.5 Å². The van der Waals surface area contributed by atoms with E-state index in [1.807, 2.05) is 49.2 Å². The number of carbonyl (C=O) groups is 1. The van der Waals surface area contributed by atoms with Crippen molar-refractivity contribution in [1.29, 1.82) is 0 Å². The van der Waals surface area contributed by atoms with Crippen molar-refractivity contribution in [3.05, 3.63) is 45.6 Å². The minimum atomic E-state index is -0.0381. The van der Waals surface area contributed by atoms with Gasteiger partial charge in [-0.25, -0.2) is 9.50 Å². The zero-order chi connectivity index (χ0) is 20.4. The molecule has 0 radical (unpaired) electrons. The van der Waals surface area contributed by atoms with Crippen LogP contribution in [0.2, 0.25) is 5.02 Å². The van der Waals surface area contributed by atoms with E-state index in [0.29, 0.717) is 11.4 Å². The molecular weight excluding hydrogens is 388 g/mol. The predicted octanol–water partition coefficient (Wildman–Crippen LogP) is 3.74. The van der Waals surface area contributed by atoms with Gasteiger partial charge < -0.3 is 4.90 Å². The summed E-state index contributed by atoms with van der Waals surface area (Å²) in [6.07, 6.45) is 5.20. The Morgan fingerprint density at radius 2 is 2.07 bits per heavy atom. The average Bonchev–Trinajstić information content (AvgIpc) is 3.30. The molecule has 3 atom stereocenters. The Kier molecular flexibility index (Phi) is 4.21. The van der Waals surface area contributed by atoms with Gasteiger partial charge in [-0.05, 0) is 40.5 Å². The highest BCUT2D eigenvalue weighted by Gasteiger charge is 2.44. The molecule has 0 spiro atoms. The maximum atomic E-state index is 13.3. The molecule has 0 aliphatic carbocycles. The van der Waals surface area contributed by atoms with E-state index in [9.17, 15) is 4.79 Å². The maximum absolute atomic E-state index is 13.3. The van der Waals surface area contributed by atoms with Gasteiger partial charge in [0.25, 0.3) is 0 Å². The lowest BCUT2D eigenvalue weighted by Gasteiger charge is -2.36. The molecule has 2 aliphatic heterocycles. The quantitative estimate of drug-likeness (QED) is 0.657. The van der Waals surface area contributed by atoms with Crippen molar-refractivity contribution < 1.29 is 4.79 Å². The summed E-state index contributed by atoms with van der Waals surface area (Å²) in [6, 6.07) is 2.28. The number of halogens is 1. The molecule has 1 saturated heterocycles. The standard InChI is InChI=1S/C21H25ClN6O/c1-11-7-19-23-10-16-17-6-5-15(9-18(16)28(19)24-11)26(17)20(29)8-12(2)27-14(4)21(22)13(3)25-27/h7,10,12,15,17H,5-6,8-9H2,1-4H3. The fourth-order valence-electron chi connectivity index (χ4n) is 5.10. The van der Waals surface area contributed by atoms with Crippen LogP contribution in [0.25, 0.3) is 5.65 Å². The van der Waals surface area contributed by atoms with Crippen molar-refractivity contribution in [2.75, 3.05) is 0 Å². The number of aryl methyl sites for hydroxylation is 2. The molecule has 0 N–H and O–H groups in total. The predicted molar refractivity (Wildman–Crippen MR) is 110 cm³/mol. The van der Waals surface area contributed by atoms with Gasteiger partial charge in [-0.1, -0.05) is 11.6 Å². The lowest BCUT2D eigenvalue weighted by Crippen LogP contribution is -2.43. The molecule has 5 heterocycles. The molecule has 3 aromatic heterocycles. The van der Waals surface area contributed by atoms with Crippen molar-refractivity contribution in [1.82, 2.24) is 29.3 Å². The Morgan fingerprint density at radius 3 is 2.79 bits per heavy atom. The Morgan fingerprint density at radius 1 is 1.28 bits per heavy atom. The van der Waals surface area contributed by atoms with Crippen molar-refractivity contribution in [3.8, 4) is 0 Å². The van der Waals surface area contributed by atoms with Crippen LogP contribution in [0.5, 0.6) is 0 Å². The number of nitrogens with zero attached hydrogens (tertiary/aromatic N) is 6. The first-order valence-corrected chi connectivity index (χ1v) is 10.6. The second-order valence-electron chi connectivity index (χ2n) is 8.45. The van der Waals surface area contributed by atoms with E-state index < -0.39 is 0 Å². The molecule has 2 bridgehead atoms. The normalized spacial score (nSPS) is 21.6. The first kappa shape index (κ1) is 18.6. The zero-order valence-corrected chi connectivity index (χ0v) is 17.9. The summed E-state index contributed by atoms with van der Waals surface area (Å²) in [5, 5.41) is 9.84. The smallest absolute Gasteiger partial charge is 0.225 e. The van der Waals surface area contributed by atoms with E-state index in [1.165, 1.54) is 5.69 Å². The third kappa shape index (κ3) is 2.78. The Labute approximate surface area is 174 Å². The number of aromatic nitrogens is 5. The summed E-state index contributed by atoms with van der Waals surface area (Å²) < 4.78 is 3.85. The van der Waals surface area contributed by atoms with Gasteiger partial charge in [0, 0.05) is 36.7 Å². The van der Waals surface area contributed by atoms with Gasteiger partial charge in [0.15, 0.2) is 5.65 Å². The monoisotopic (exact) mass is 412 g/mol. The third-order valence-corrected chi connectivity index (χ3v) is 6.99. The number of hydrogen-bond acceptors (Lipinski definition) is 4. The lowest BCUT2D eigenvalue weighted by molar-refractivity contribution is -0.135. The van der Waals surface area contributed by atoms with E-state index in [2.05, 4.69) is 20.1 Å². The minimum Gasteiger partial charge on any atom is -0.332 e. The molecular formula is C21H25ClN6O. The number of hydrogen-bond donors (Lipinski definition) is 0. The fraction of sp³-hybridized carbons (Fsp3) is 0.524. The van der Waals surface area contributed by atoms with Gasteiger partial charge in [-0.2, -0.15) is 10.2 Å². The molecule has 5 rings (SSSR count). The molecule has 3 aromatic rings. The van der Waals surface area contributed by atoms with Crippen LogP contribution < -0.4 is 0 Å². The van der Waals surface area contributed by atoms with E-state index in [-0.39, 0.29) is 24.0 Å². The fourth-order valence-corrected chi connectivity index (χ4v) is 5.22. The molecule has 7 nitrogen and oxygen atoms in total. The topological polar surface area (TPSA) is 68.3 Å². The van der Waals surface area contributed by atoms with Gasteiger partial charge in [-0.15, -0.1) is 0 Å². The molecule has 8 heteroatoms. The van der Waals surface area contributed by atoms with Crippen LogP contribution in [-0.4, -0.2) is 41.2 Å². The maximum Gasteiger partial charge on any atom is 0.225 e. The largest absolute Gasteiger partial charge is 0.332 e. The molecule has 0 aromatic carbocycles. The van der Waals surface area contributed by atoms with E-state index >= 15 is 0 Å². The SMILES string of the molecule is Cc1cc2ncc3c(n2n1)CC1CCC3N1C(=O)CC(C)n1nc(C)c(Cl)c1C. The third-order valence-electron chi connectivity index (χ3n) is 6.44. The van der Waals surface area contributed by atoms with E-state index in [4.69, 9.17) is 11.6 Å². The summed E-state index contributed by atoms with van der Waals surface area (Å²) in [6.45, 7) is 7.87. The van der Waals surface area contributed by atoms with Crippen LogP contribution in [0.4, 0.5) is 0 Å². The van der Waals surface area contributed by atoms with Crippen LogP contribution in [0.3, 0.4) is 0 Å². The number of carbonyl (C=O) groups excluding carboxylic acids is 1. The molecule has 0 saturated carbocycles. The number of rotatable bonds is 3. The molecule has 3 unspecified atom stereocenters. The molecule has 29 heavy (non-hydrogen) atoms. The second kappa shape index (κ2) is 6.55. The van der Waals surface area contributed by atoms with Crippen LogP contribution in [0, 0.1) is 20.8 Å². The average molecular weight is 413 g/mol. The highest BCUT2D eigenvalue weighted by atomic mass is 35.5. The molecule has 1 fully saturated rings. The van der Waals surface area contributed by atoms with Crippen LogP contribution in [0.15, 0.2) is 12.3 Å². The first-order valence-electron chi connectivity index (χ1n) is 10.2. The van der Waals surface area contributed by atoms with Crippen LogP contribution in [-0.2, 0) is 11.2 Å². The van der Waals surface area contributed by atoms with Gasteiger partial charge in [0.2, 0.25) is 5.91 Å². The van der Waals surface area contributed by atoms with E-state index in [1.54, 1.807) is 0 Å². The van der Waals surface area contributed by atoms with Gasteiger partial charge in [0.05, 0.1) is 39.9 Å². The molecule has 2 aliphatic rings. The van der Waals surface area contributed by atoms with Crippen molar-refractivity contribution >= 4 is 23.2 Å². The van der Waals surface area contributed by atoms with Gasteiger partial charge >= 0.3 is 0 Å². The summed E-state index contributed by atoms with van der Waals surface area (Å²) in [4.78, 5) is 20.0. The number of amides is 1. The highest BCUT2D eigenvalue weighted by Crippen LogP contribution is 2.44. The van der Waals surface area contributed by atoms with Crippen molar-refractivity contribution in [3.63, 3.8) is 0 Å². The van der Waals surface area contributed by atoms with Crippen LogP contribution >= 0.6 is 11.6 Å². The molecule has 1 amide bonds. The zero-order valence-electron chi connectivity index (χ0n) is 17.2. The lowest BCUT2D eigenvalue weighted by atomic mass is 9.98.